The average Bonchev–Trinajstić information content (AvgIpc) is 2.62. The van der Waals surface area contributed by atoms with Crippen LogP contribution in [0.3, 0.4) is 0 Å². The van der Waals surface area contributed by atoms with E-state index in [1.807, 2.05) is 14.2 Å². The standard InChI is InChI=1S/C10H18O2/c1-11-9-5-3-8-7(9)4-6-10(8)12-2/h7-10H,3-6H2,1-2H3/t7-,8-,9-,10+/m0/s1. The first-order valence-corrected chi connectivity index (χ1v) is 4.92. The van der Waals surface area contributed by atoms with Crippen LogP contribution in [0.4, 0.5) is 0 Å². The maximum Gasteiger partial charge on any atom is 0.0603 e. The van der Waals surface area contributed by atoms with Gasteiger partial charge in [0.25, 0.3) is 0 Å². The molecule has 0 radical (unpaired) electrons. The van der Waals surface area contributed by atoms with E-state index in [0.717, 1.165) is 11.8 Å². The quantitative estimate of drug-likeness (QED) is 0.629. The Morgan fingerprint density at radius 2 is 1.17 bits per heavy atom. The van der Waals surface area contributed by atoms with Crippen molar-refractivity contribution < 1.29 is 9.47 Å². The fourth-order valence-electron chi connectivity index (χ4n) is 3.08. The van der Waals surface area contributed by atoms with Gasteiger partial charge in [-0.05, 0) is 37.5 Å². The lowest BCUT2D eigenvalue weighted by atomic mass is 9.98. The summed E-state index contributed by atoms with van der Waals surface area (Å²) in [7, 11) is 3.68. The van der Waals surface area contributed by atoms with Crippen LogP contribution in [0.25, 0.3) is 0 Å². The Bertz CT molecular complexity index is 140. The van der Waals surface area contributed by atoms with Crippen molar-refractivity contribution in [1.29, 1.82) is 0 Å². The van der Waals surface area contributed by atoms with Crippen LogP contribution in [0, 0.1) is 11.8 Å². The second-order valence-corrected chi connectivity index (χ2v) is 4.03. The van der Waals surface area contributed by atoms with Crippen molar-refractivity contribution in [2.75, 3.05) is 14.2 Å². The fourth-order valence-corrected chi connectivity index (χ4v) is 3.08. The molecule has 2 fully saturated rings. The minimum absolute atomic E-state index is 0.523. The van der Waals surface area contributed by atoms with Gasteiger partial charge in [-0.15, -0.1) is 0 Å². The van der Waals surface area contributed by atoms with E-state index in [0.29, 0.717) is 12.2 Å². The Labute approximate surface area is 74.2 Å². The van der Waals surface area contributed by atoms with Gasteiger partial charge >= 0.3 is 0 Å². The maximum absolute atomic E-state index is 5.46. The minimum atomic E-state index is 0.523. The van der Waals surface area contributed by atoms with E-state index in [1.165, 1.54) is 25.7 Å². The summed E-state index contributed by atoms with van der Waals surface area (Å²) in [5, 5.41) is 0. The largest absolute Gasteiger partial charge is 0.381 e. The van der Waals surface area contributed by atoms with Crippen molar-refractivity contribution in [3.8, 4) is 0 Å². The van der Waals surface area contributed by atoms with Gasteiger partial charge in [-0.25, -0.2) is 0 Å². The van der Waals surface area contributed by atoms with Crippen LogP contribution in [0.2, 0.25) is 0 Å². The van der Waals surface area contributed by atoms with Gasteiger partial charge in [0.1, 0.15) is 0 Å². The van der Waals surface area contributed by atoms with Gasteiger partial charge in [0.2, 0.25) is 0 Å². The molecule has 2 aliphatic carbocycles. The average molecular weight is 170 g/mol. The molecular formula is C10H18O2. The van der Waals surface area contributed by atoms with Gasteiger partial charge in [0.05, 0.1) is 12.2 Å². The summed E-state index contributed by atoms with van der Waals surface area (Å²) in [5.41, 5.74) is 0. The molecule has 12 heavy (non-hydrogen) atoms. The van der Waals surface area contributed by atoms with Crippen LogP contribution in [-0.4, -0.2) is 26.4 Å². The normalized spacial score (nSPS) is 46.5. The number of rotatable bonds is 2. The molecule has 0 bridgehead atoms. The van der Waals surface area contributed by atoms with Crippen molar-refractivity contribution in [2.45, 2.75) is 37.9 Å². The second-order valence-electron chi connectivity index (χ2n) is 4.03. The number of fused-ring (bicyclic) bond motifs is 1. The molecule has 70 valence electrons. The van der Waals surface area contributed by atoms with Gasteiger partial charge in [0, 0.05) is 14.2 Å². The summed E-state index contributed by atoms with van der Waals surface area (Å²) in [6.07, 6.45) is 6.14. The molecule has 0 aliphatic heterocycles. The number of hydrogen-bond acceptors (Lipinski definition) is 2. The summed E-state index contributed by atoms with van der Waals surface area (Å²) in [6.45, 7) is 0. The summed E-state index contributed by atoms with van der Waals surface area (Å²) in [6, 6.07) is 0. The monoisotopic (exact) mass is 170 g/mol. The van der Waals surface area contributed by atoms with Crippen molar-refractivity contribution in [3.05, 3.63) is 0 Å². The lowest BCUT2D eigenvalue weighted by Gasteiger charge is -2.18. The third-order valence-electron chi connectivity index (χ3n) is 3.68. The molecule has 2 rings (SSSR count). The number of hydrogen-bond donors (Lipinski definition) is 0. The molecule has 0 N–H and O–H groups in total. The summed E-state index contributed by atoms with van der Waals surface area (Å²) in [5.74, 6) is 1.58. The van der Waals surface area contributed by atoms with E-state index in [1.54, 1.807) is 0 Å². The van der Waals surface area contributed by atoms with E-state index >= 15 is 0 Å². The molecule has 0 aromatic carbocycles. The Morgan fingerprint density at radius 1 is 0.750 bits per heavy atom. The highest BCUT2D eigenvalue weighted by Crippen LogP contribution is 2.46. The highest BCUT2D eigenvalue weighted by atomic mass is 16.5. The lowest BCUT2D eigenvalue weighted by molar-refractivity contribution is 0.0444. The summed E-state index contributed by atoms with van der Waals surface area (Å²) in [4.78, 5) is 0. The van der Waals surface area contributed by atoms with Crippen molar-refractivity contribution in [1.82, 2.24) is 0 Å². The molecule has 0 heterocycles. The van der Waals surface area contributed by atoms with Crippen LogP contribution in [0.5, 0.6) is 0 Å². The van der Waals surface area contributed by atoms with Crippen LogP contribution >= 0.6 is 0 Å². The van der Waals surface area contributed by atoms with E-state index in [-0.39, 0.29) is 0 Å². The Balaban J connectivity index is 2.01. The molecule has 0 aromatic heterocycles. The third kappa shape index (κ3) is 1.17. The molecule has 0 aromatic rings. The van der Waals surface area contributed by atoms with Gasteiger partial charge in [-0.1, -0.05) is 0 Å². The molecule has 0 spiro atoms. The fraction of sp³-hybridized carbons (Fsp3) is 1.00. The highest BCUT2D eigenvalue weighted by Gasteiger charge is 2.44. The van der Waals surface area contributed by atoms with Crippen LogP contribution in [0.1, 0.15) is 25.7 Å². The van der Waals surface area contributed by atoms with Gasteiger partial charge in [0.15, 0.2) is 0 Å². The first-order valence-electron chi connectivity index (χ1n) is 4.92. The smallest absolute Gasteiger partial charge is 0.0603 e. The zero-order valence-corrected chi connectivity index (χ0v) is 7.95. The minimum Gasteiger partial charge on any atom is -0.381 e. The first kappa shape index (κ1) is 8.52. The molecule has 0 amide bonds. The molecule has 0 unspecified atom stereocenters. The van der Waals surface area contributed by atoms with E-state index < -0.39 is 0 Å². The Hall–Kier alpha value is -0.0800. The maximum atomic E-state index is 5.46. The molecule has 2 heteroatoms. The number of ether oxygens (including phenoxy) is 2. The molecule has 2 nitrogen and oxygen atoms in total. The van der Waals surface area contributed by atoms with E-state index in [2.05, 4.69) is 0 Å². The highest BCUT2D eigenvalue weighted by molar-refractivity contribution is 4.95. The zero-order valence-electron chi connectivity index (χ0n) is 7.95. The molecule has 2 saturated carbocycles. The molecule has 2 aliphatic rings. The second kappa shape index (κ2) is 3.35. The first-order chi connectivity index (χ1) is 5.86. The van der Waals surface area contributed by atoms with Crippen molar-refractivity contribution >= 4 is 0 Å². The lowest BCUT2D eigenvalue weighted by Crippen LogP contribution is -2.21. The van der Waals surface area contributed by atoms with Gasteiger partial charge in [-0.2, -0.15) is 0 Å². The Morgan fingerprint density at radius 3 is 1.50 bits per heavy atom. The molecular weight excluding hydrogens is 152 g/mol. The summed E-state index contributed by atoms with van der Waals surface area (Å²) >= 11 is 0. The number of methoxy groups -OCH3 is 2. The van der Waals surface area contributed by atoms with Crippen LogP contribution in [-0.2, 0) is 9.47 Å². The Kier molecular flexibility index (Phi) is 2.37. The van der Waals surface area contributed by atoms with Gasteiger partial charge in [-0.3, -0.25) is 0 Å². The summed E-state index contributed by atoms with van der Waals surface area (Å²) < 4.78 is 10.9. The van der Waals surface area contributed by atoms with E-state index in [9.17, 15) is 0 Å². The van der Waals surface area contributed by atoms with Crippen LogP contribution < -0.4 is 0 Å². The van der Waals surface area contributed by atoms with Gasteiger partial charge < -0.3 is 9.47 Å². The molecule has 4 atom stereocenters. The van der Waals surface area contributed by atoms with Crippen molar-refractivity contribution in [3.63, 3.8) is 0 Å². The SMILES string of the molecule is CO[C@H]1CC[C@H]2[C@@H]1CC[C@H]2OC. The molecule has 0 saturated heterocycles. The third-order valence-corrected chi connectivity index (χ3v) is 3.68. The predicted octanol–water partition coefficient (Wildman–Crippen LogP) is 1.84. The zero-order chi connectivity index (χ0) is 8.55. The van der Waals surface area contributed by atoms with Crippen LogP contribution in [0.15, 0.2) is 0 Å². The van der Waals surface area contributed by atoms with Crippen molar-refractivity contribution in [2.24, 2.45) is 11.8 Å². The topological polar surface area (TPSA) is 18.5 Å². The predicted molar refractivity (Wildman–Crippen MR) is 47.0 cm³/mol. The van der Waals surface area contributed by atoms with E-state index in [4.69, 9.17) is 9.47 Å².